The summed E-state index contributed by atoms with van der Waals surface area (Å²) in [7, 11) is -3.58. The van der Waals surface area contributed by atoms with Crippen molar-refractivity contribution in [1.82, 2.24) is 14.3 Å². The molecule has 1 saturated heterocycles. The van der Waals surface area contributed by atoms with Crippen LogP contribution in [0.5, 0.6) is 0 Å². The number of para-hydroxylation sites is 1. The number of hydrogen-bond donors (Lipinski definition) is 2. The Morgan fingerprint density at radius 1 is 1.17 bits per heavy atom. The Labute approximate surface area is 179 Å². The smallest absolute Gasteiger partial charge is 0.272 e. The molecule has 1 unspecified atom stereocenters. The van der Waals surface area contributed by atoms with Gasteiger partial charge in [-0.15, -0.1) is 0 Å². The maximum Gasteiger partial charge on any atom is 0.272 e. The monoisotopic (exact) mass is 438 g/mol. The largest absolute Gasteiger partial charge is 0.361 e. The lowest BCUT2D eigenvalue weighted by atomic mass is 9.98. The van der Waals surface area contributed by atoms with Crippen LogP contribution in [0.1, 0.15) is 23.5 Å². The summed E-state index contributed by atoms with van der Waals surface area (Å²) in [6, 6.07) is 17.6. The van der Waals surface area contributed by atoms with E-state index in [1.807, 2.05) is 18.2 Å². The molecule has 0 radical (unpaired) electrons. The number of rotatable bonds is 6. The van der Waals surface area contributed by atoms with Gasteiger partial charge in [0.2, 0.25) is 0 Å². The third-order valence-corrected chi connectivity index (χ3v) is 8.23. The first-order valence-electron chi connectivity index (χ1n) is 9.89. The van der Waals surface area contributed by atoms with Crippen LogP contribution in [0.25, 0.3) is 10.9 Å². The molecule has 30 heavy (non-hydrogen) atoms. The topological polar surface area (TPSA) is 78.1 Å². The van der Waals surface area contributed by atoms with E-state index in [-0.39, 0.29) is 4.21 Å². The van der Waals surface area contributed by atoms with E-state index in [4.69, 9.17) is 0 Å². The van der Waals surface area contributed by atoms with Crippen LogP contribution < -0.4 is 4.72 Å². The number of sulfonamides is 1. The van der Waals surface area contributed by atoms with Crippen molar-refractivity contribution in [2.75, 3.05) is 17.8 Å². The normalized spacial score (nSPS) is 17.5. The molecule has 2 aromatic heterocycles. The number of fused-ring (bicyclic) bond motifs is 1. The average molecular weight is 439 g/mol. The molecular formula is C22H22N4O2S2. The van der Waals surface area contributed by atoms with Gasteiger partial charge in [0.05, 0.1) is 0 Å². The molecule has 5 rings (SSSR count). The molecule has 0 saturated carbocycles. The molecule has 8 heteroatoms. The molecule has 0 amide bonds. The van der Waals surface area contributed by atoms with Crippen molar-refractivity contribution in [2.24, 2.45) is 0 Å². The minimum absolute atomic E-state index is 0.221. The van der Waals surface area contributed by atoms with E-state index in [0.29, 0.717) is 11.6 Å². The highest BCUT2D eigenvalue weighted by Gasteiger charge is 2.25. The number of benzene rings is 2. The van der Waals surface area contributed by atoms with E-state index in [1.165, 1.54) is 34.3 Å². The molecule has 1 atom stereocenters. The third-order valence-electron chi connectivity index (χ3n) is 5.63. The molecule has 1 aliphatic heterocycles. The number of H-pyrrole nitrogens is 1. The van der Waals surface area contributed by atoms with E-state index in [0.717, 1.165) is 37.6 Å². The van der Waals surface area contributed by atoms with Gasteiger partial charge in [0, 0.05) is 42.1 Å². The van der Waals surface area contributed by atoms with Gasteiger partial charge in [-0.25, -0.2) is 8.42 Å². The van der Waals surface area contributed by atoms with Gasteiger partial charge in [-0.2, -0.15) is 4.37 Å². The molecule has 1 aliphatic rings. The van der Waals surface area contributed by atoms with Crippen molar-refractivity contribution < 1.29 is 8.42 Å². The van der Waals surface area contributed by atoms with E-state index in [2.05, 4.69) is 49.4 Å². The zero-order chi connectivity index (χ0) is 20.6. The Kier molecular flexibility index (Phi) is 5.06. The van der Waals surface area contributed by atoms with E-state index >= 15 is 0 Å². The van der Waals surface area contributed by atoms with Crippen LogP contribution in [0.2, 0.25) is 0 Å². The second-order valence-electron chi connectivity index (χ2n) is 7.64. The zero-order valence-corrected chi connectivity index (χ0v) is 17.9. The molecule has 4 aromatic rings. The van der Waals surface area contributed by atoms with E-state index in [9.17, 15) is 8.42 Å². The Hall–Kier alpha value is -2.68. The Balaban J connectivity index is 1.28. The second kappa shape index (κ2) is 7.86. The number of nitrogens with one attached hydrogen (secondary N) is 2. The van der Waals surface area contributed by atoms with Crippen molar-refractivity contribution in [1.29, 1.82) is 0 Å². The number of aromatic amines is 1. The van der Waals surface area contributed by atoms with Crippen molar-refractivity contribution >= 4 is 38.1 Å². The third kappa shape index (κ3) is 3.86. The molecule has 2 N–H and O–H groups in total. The van der Waals surface area contributed by atoms with Crippen molar-refractivity contribution in [3.05, 3.63) is 78.1 Å². The molecule has 2 aromatic carbocycles. The second-order valence-corrected chi connectivity index (χ2v) is 10.4. The maximum absolute atomic E-state index is 12.5. The van der Waals surface area contributed by atoms with Crippen LogP contribution in [-0.4, -0.2) is 35.8 Å². The van der Waals surface area contributed by atoms with Crippen LogP contribution >= 0.6 is 11.5 Å². The molecular weight excluding hydrogens is 416 g/mol. The summed E-state index contributed by atoms with van der Waals surface area (Å²) < 4.78 is 31.7. The van der Waals surface area contributed by atoms with Crippen molar-refractivity contribution in [2.45, 2.75) is 23.1 Å². The number of anilines is 1. The highest BCUT2D eigenvalue weighted by atomic mass is 32.2. The average Bonchev–Trinajstić information content (AvgIpc) is 3.50. The lowest BCUT2D eigenvalue weighted by Gasteiger charge is -2.16. The summed E-state index contributed by atoms with van der Waals surface area (Å²) in [5, 5.41) is 1.28. The zero-order valence-electron chi connectivity index (χ0n) is 16.3. The van der Waals surface area contributed by atoms with Gasteiger partial charge in [0.25, 0.3) is 10.0 Å². The van der Waals surface area contributed by atoms with Crippen LogP contribution in [0.4, 0.5) is 5.69 Å². The summed E-state index contributed by atoms with van der Waals surface area (Å²) in [6.45, 7) is 2.91. The highest BCUT2D eigenvalue weighted by Crippen LogP contribution is 2.31. The summed E-state index contributed by atoms with van der Waals surface area (Å²) in [5.74, 6) is 0.392. The first-order valence-corrected chi connectivity index (χ1v) is 12.1. The van der Waals surface area contributed by atoms with Crippen LogP contribution in [0.3, 0.4) is 0 Å². The van der Waals surface area contributed by atoms with Gasteiger partial charge in [0.15, 0.2) is 4.21 Å². The predicted octanol–water partition coefficient (Wildman–Crippen LogP) is 4.41. The fraction of sp³-hybridized carbons (Fsp3) is 0.227. The van der Waals surface area contributed by atoms with Gasteiger partial charge in [-0.3, -0.25) is 9.62 Å². The molecule has 0 bridgehead atoms. The van der Waals surface area contributed by atoms with Gasteiger partial charge >= 0.3 is 0 Å². The summed E-state index contributed by atoms with van der Waals surface area (Å²) in [6.07, 6.45) is 4.66. The molecule has 1 fully saturated rings. The summed E-state index contributed by atoms with van der Waals surface area (Å²) >= 11 is 0.972. The maximum atomic E-state index is 12.5. The lowest BCUT2D eigenvalue weighted by molar-refractivity contribution is 0.328. The molecule has 154 valence electrons. The van der Waals surface area contributed by atoms with Crippen molar-refractivity contribution in [3.63, 3.8) is 0 Å². The quantitative estimate of drug-likeness (QED) is 0.467. The van der Waals surface area contributed by atoms with E-state index in [1.54, 1.807) is 6.07 Å². The highest BCUT2D eigenvalue weighted by molar-refractivity contribution is 7.94. The molecule has 0 aliphatic carbocycles. The standard InChI is InChI=1S/C22H22N4O2S2/c27-30(28,22-8-10-24-29-22)25-19-5-3-4-16(12-19)17-9-11-26(14-17)15-18-13-23-21-7-2-1-6-20(18)21/h1-8,10,12-13,17,23,25H,9,11,14-15H2. The van der Waals surface area contributed by atoms with Gasteiger partial charge in [0.1, 0.15) is 0 Å². The Bertz CT molecular complexity index is 1270. The first-order chi connectivity index (χ1) is 14.6. The van der Waals surface area contributed by atoms with Crippen LogP contribution in [0, 0.1) is 0 Å². The fourth-order valence-electron chi connectivity index (χ4n) is 4.16. The van der Waals surface area contributed by atoms with Gasteiger partial charge in [-0.1, -0.05) is 30.3 Å². The van der Waals surface area contributed by atoms with Gasteiger partial charge < -0.3 is 4.98 Å². The first kappa shape index (κ1) is 19.3. The Morgan fingerprint density at radius 3 is 2.93 bits per heavy atom. The van der Waals surface area contributed by atoms with Crippen LogP contribution in [0.15, 0.2) is 71.2 Å². The molecule has 6 nitrogen and oxygen atoms in total. The molecule has 3 heterocycles. The van der Waals surface area contributed by atoms with Gasteiger partial charge in [-0.05, 0) is 65.8 Å². The fourth-order valence-corrected chi connectivity index (χ4v) is 5.93. The van der Waals surface area contributed by atoms with E-state index < -0.39 is 10.0 Å². The molecule has 0 spiro atoms. The Morgan fingerprint density at radius 2 is 2.07 bits per heavy atom. The summed E-state index contributed by atoms with van der Waals surface area (Å²) in [5.41, 5.74) is 4.25. The van der Waals surface area contributed by atoms with Crippen molar-refractivity contribution in [3.8, 4) is 0 Å². The SMILES string of the molecule is O=S(=O)(Nc1cccc(C2CCN(Cc3c[nH]c4ccccc34)C2)c1)c1ccns1. The predicted molar refractivity (Wildman–Crippen MR) is 120 cm³/mol. The minimum atomic E-state index is -3.58. The number of hydrogen-bond acceptors (Lipinski definition) is 5. The van der Waals surface area contributed by atoms with Crippen LogP contribution in [-0.2, 0) is 16.6 Å². The lowest BCUT2D eigenvalue weighted by Crippen LogP contribution is -2.19. The summed E-state index contributed by atoms with van der Waals surface area (Å²) in [4.78, 5) is 5.82. The number of likely N-dealkylation sites (tertiary alicyclic amines) is 1. The number of nitrogens with zero attached hydrogens (tertiary/aromatic N) is 2. The minimum Gasteiger partial charge on any atom is -0.361 e. The number of aromatic nitrogens is 2.